The van der Waals surface area contributed by atoms with Crippen LogP contribution in [-0.2, 0) is 18.3 Å². The second-order valence-corrected chi connectivity index (χ2v) is 16.5. The van der Waals surface area contributed by atoms with E-state index in [1.54, 1.807) is 0 Å². The number of fused-ring (bicyclic) bond motifs is 8. The molecule has 1 heterocycles. The third-order valence-electron chi connectivity index (χ3n) is 13.3. The Bertz CT molecular complexity index is 3220. The molecule has 2 aliphatic carbocycles. The zero-order valence-corrected chi connectivity index (χ0v) is 33.4. The number of benzene rings is 9. The minimum absolute atomic E-state index is 0.0471. The van der Waals surface area contributed by atoms with E-state index in [1.807, 2.05) is 0 Å². The number of anilines is 6. The van der Waals surface area contributed by atoms with E-state index in [0.717, 1.165) is 48.4 Å². The third kappa shape index (κ3) is 5.50. The van der Waals surface area contributed by atoms with Crippen molar-refractivity contribution in [3.8, 4) is 5.69 Å². The lowest BCUT2D eigenvalue weighted by molar-refractivity contribution is 0.507. The lowest BCUT2D eigenvalue weighted by Crippen LogP contribution is -2.22. The van der Waals surface area contributed by atoms with Gasteiger partial charge in [0, 0.05) is 56.0 Å². The maximum atomic E-state index is 2.53. The molecule has 10 aromatic rings. The summed E-state index contributed by atoms with van der Waals surface area (Å²) < 4.78 is 2.42. The van der Waals surface area contributed by atoms with Crippen molar-refractivity contribution in [2.24, 2.45) is 0 Å². The van der Waals surface area contributed by atoms with Crippen LogP contribution in [0.15, 0.2) is 212 Å². The quantitative estimate of drug-likeness (QED) is 0.160. The maximum absolute atomic E-state index is 2.53. The first-order valence-corrected chi connectivity index (χ1v) is 21.3. The van der Waals surface area contributed by atoms with Crippen molar-refractivity contribution < 1.29 is 0 Å². The van der Waals surface area contributed by atoms with Gasteiger partial charge in [0.25, 0.3) is 0 Å². The third-order valence-corrected chi connectivity index (χ3v) is 13.3. The molecule has 3 heteroatoms. The first kappa shape index (κ1) is 34.7. The topological polar surface area (TPSA) is 11.4 Å². The van der Waals surface area contributed by atoms with Gasteiger partial charge in [0.2, 0.25) is 0 Å². The van der Waals surface area contributed by atoms with Gasteiger partial charge in [-0.15, -0.1) is 0 Å². The molecule has 0 fully saturated rings. The van der Waals surface area contributed by atoms with Crippen molar-refractivity contribution >= 4 is 66.7 Å². The van der Waals surface area contributed by atoms with Crippen LogP contribution in [0.2, 0.25) is 0 Å². The number of aryl methyl sites for hydroxylation is 2. The standard InChI is InChI=1S/C57H43N3/c1-4-16-44(17-5-1)58(47-27-24-40-14-10-11-15-43(40)36-47)48-28-25-41-32-34-57(53(41)37-48)35-33-42-26-29-49(38-54(42)57)59(45-18-6-2-7-19-45)50-30-31-52-51-22-12-13-23-55(51)60(56(52)39-50)46-20-8-3-9-21-46/h1-31,36-39H,32-35H2/t57-/m1/s1. The summed E-state index contributed by atoms with van der Waals surface area (Å²) in [6.07, 6.45) is 4.42. The van der Waals surface area contributed by atoms with Gasteiger partial charge < -0.3 is 14.4 Å². The number of rotatable bonds is 7. The van der Waals surface area contributed by atoms with E-state index < -0.39 is 0 Å². The van der Waals surface area contributed by atoms with Crippen molar-refractivity contribution in [1.29, 1.82) is 0 Å². The van der Waals surface area contributed by atoms with Crippen LogP contribution in [-0.4, -0.2) is 4.57 Å². The normalized spacial score (nSPS) is 15.5. The Morgan fingerprint density at radius 2 is 0.833 bits per heavy atom. The van der Waals surface area contributed by atoms with Gasteiger partial charge in [0.05, 0.1) is 11.0 Å². The Morgan fingerprint density at radius 1 is 0.350 bits per heavy atom. The monoisotopic (exact) mass is 769 g/mol. The van der Waals surface area contributed by atoms with Gasteiger partial charge in [-0.1, -0.05) is 121 Å². The summed E-state index contributed by atoms with van der Waals surface area (Å²) in [7, 11) is 0. The minimum Gasteiger partial charge on any atom is -0.310 e. The molecule has 9 aromatic carbocycles. The van der Waals surface area contributed by atoms with Crippen LogP contribution in [0.5, 0.6) is 0 Å². The van der Waals surface area contributed by atoms with Crippen molar-refractivity contribution in [2.45, 2.75) is 31.1 Å². The van der Waals surface area contributed by atoms with E-state index in [1.165, 1.54) is 71.9 Å². The summed E-state index contributed by atoms with van der Waals surface area (Å²) in [4.78, 5) is 4.90. The van der Waals surface area contributed by atoms with E-state index in [0.29, 0.717) is 0 Å². The number of aromatic nitrogens is 1. The number of nitrogens with zero attached hydrogens (tertiary/aromatic N) is 3. The van der Waals surface area contributed by atoms with Gasteiger partial charge in [-0.2, -0.15) is 0 Å². The molecule has 0 saturated carbocycles. The molecule has 286 valence electrons. The smallest absolute Gasteiger partial charge is 0.0561 e. The summed E-state index contributed by atoms with van der Waals surface area (Å²) in [6.45, 7) is 0. The van der Waals surface area contributed by atoms with Crippen LogP contribution in [0.25, 0.3) is 38.3 Å². The van der Waals surface area contributed by atoms with Crippen LogP contribution in [0.4, 0.5) is 34.1 Å². The van der Waals surface area contributed by atoms with Crippen molar-refractivity contribution in [2.75, 3.05) is 9.80 Å². The molecular weight excluding hydrogens is 727 g/mol. The Hall–Kier alpha value is -7.36. The van der Waals surface area contributed by atoms with Gasteiger partial charge in [0.1, 0.15) is 0 Å². The SMILES string of the molecule is c1ccc(N(c2ccc3c(c2)[C@@]2(CC3)CCc3ccc(N(c4ccccc4)c4ccc5c6ccccc6n(-c6ccccc6)c5c4)cc32)c2ccc3ccccc3c2)cc1. The second-order valence-electron chi connectivity index (χ2n) is 16.5. The molecule has 1 atom stereocenters. The molecule has 0 aliphatic heterocycles. The summed E-state index contributed by atoms with van der Waals surface area (Å²) in [6, 6.07) is 78.4. The first-order valence-electron chi connectivity index (χ1n) is 21.3. The molecule has 0 N–H and O–H groups in total. The van der Waals surface area contributed by atoms with Crippen LogP contribution >= 0.6 is 0 Å². The molecular formula is C57H43N3. The number of hydrogen-bond acceptors (Lipinski definition) is 2. The van der Waals surface area contributed by atoms with Crippen LogP contribution < -0.4 is 9.80 Å². The molecule has 0 radical (unpaired) electrons. The fourth-order valence-electron chi connectivity index (χ4n) is 10.6. The molecule has 60 heavy (non-hydrogen) atoms. The van der Waals surface area contributed by atoms with Gasteiger partial charge >= 0.3 is 0 Å². The van der Waals surface area contributed by atoms with Crippen molar-refractivity contribution in [3.63, 3.8) is 0 Å². The molecule has 3 nitrogen and oxygen atoms in total. The Kier molecular flexibility index (Phi) is 8.02. The molecule has 0 amide bonds. The zero-order chi connectivity index (χ0) is 39.6. The van der Waals surface area contributed by atoms with Crippen LogP contribution in [0.1, 0.15) is 35.1 Å². The van der Waals surface area contributed by atoms with E-state index >= 15 is 0 Å². The van der Waals surface area contributed by atoms with Gasteiger partial charge in [-0.3, -0.25) is 0 Å². The highest BCUT2D eigenvalue weighted by Gasteiger charge is 2.45. The summed E-state index contributed by atoms with van der Waals surface area (Å²) >= 11 is 0. The van der Waals surface area contributed by atoms with Gasteiger partial charge in [-0.05, 0) is 150 Å². The largest absolute Gasteiger partial charge is 0.310 e. The lowest BCUT2D eigenvalue weighted by atomic mass is 9.76. The molecule has 1 spiro atoms. The molecule has 2 aliphatic rings. The average molecular weight is 770 g/mol. The molecule has 1 aromatic heterocycles. The number of para-hydroxylation sites is 4. The predicted molar refractivity (Wildman–Crippen MR) is 252 cm³/mol. The van der Waals surface area contributed by atoms with Crippen LogP contribution in [0.3, 0.4) is 0 Å². The van der Waals surface area contributed by atoms with Gasteiger partial charge in [-0.25, -0.2) is 0 Å². The summed E-state index contributed by atoms with van der Waals surface area (Å²) in [5.74, 6) is 0. The lowest BCUT2D eigenvalue weighted by Gasteiger charge is -2.31. The van der Waals surface area contributed by atoms with E-state index in [9.17, 15) is 0 Å². The Labute approximate surface area is 351 Å². The zero-order valence-electron chi connectivity index (χ0n) is 33.4. The minimum atomic E-state index is -0.0471. The van der Waals surface area contributed by atoms with E-state index in [4.69, 9.17) is 0 Å². The summed E-state index contributed by atoms with van der Waals surface area (Å²) in [5.41, 5.74) is 16.5. The predicted octanol–water partition coefficient (Wildman–Crippen LogP) is 15.1. The van der Waals surface area contributed by atoms with Crippen molar-refractivity contribution in [3.05, 3.63) is 235 Å². The molecule has 0 saturated heterocycles. The highest BCUT2D eigenvalue weighted by atomic mass is 15.1. The number of hydrogen-bond donors (Lipinski definition) is 0. The highest BCUT2D eigenvalue weighted by molar-refractivity contribution is 6.10. The first-order chi connectivity index (χ1) is 29.7. The second kappa shape index (κ2) is 13.9. The fourth-order valence-corrected chi connectivity index (χ4v) is 10.6. The maximum Gasteiger partial charge on any atom is 0.0561 e. The van der Waals surface area contributed by atoms with Crippen molar-refractivity contribution in [1.82, 2.24) is 4.57 Å². The molecule has 0 unspecified atom stereocenters. The average Bonchev–Trinajstić information content (AvgIpc) is 3.98. The van der Waals surface area contributed by atoms with E-state index in [-0.39, 0.29) is 5.41 Å². The Balaban J connectivity index is 1.00. The Morgan fingerprint density at radius 3 is 1.48 bits per heavy atom. The molecule has 12 rings (SSSR count). The van der Waals surface area contributed by atoms with E-state index in [2.05, 4.69) is 227 Å². The van der Waals surface area contributed by atoms with Gasteiger partial charge in [0.15, 0.2) is 0 Å². The fraction of sp³-hybridized carbons (Fsp3) is 0.0877. The highest BCUT2D eigenvalue weighted by Crippen LogP contribution is 2.55. The van der Waals surface area contributed by atoms with Crippen LogP contribution in [0, 0.1) is 0 Å². The molecule has 0 bridgehead atoms. The summed E-state index contributed by atoms with van der Waals surface area (Å²) in [5, 5.41) is 5.02.